The number of nitrogens with zero attached hydrogens (tertiary/aromatic N) is 2. The van der Waals surface area contributed by atoms with Crippen LogP contribution >= 0.6 is 0 Å². The molecule has 0 radical (unpaired) electrons. The minimum absolute atomic E-state index is 0.116. The average Bonchev–Trinajstić information content (AvgIpc) is 2.31. The average molecular weight is 225 g/mol. The Morgan fingerprint density at radius 3 is 2.38 bits per heavy atom. The van der Waals surface area contributed by atoms with Gasteiger partial charge < -0.3 is 10.2 Å². The molecular formula is C13H27N3. The third kappa shape index (κ3) is 7.67. The van der Waals surface area contributed by atoms with Crippen LogP contribution in [0.3, 0.4) is 0 Å². The van der Waals surface area contributed by atoms with E-state index in [1.807, 2.05) is 6.92 Å². The third-order valence-corrected chi connectivity index (χ3v) is 3.00. The van der Waals surface area contributed by atoms with Gasteiger partial charge in [-0.1, -0.05) is 13.8 Å². The zero-order valence-corrected chi connectivity index (χ0v) is 11.3. The molecule has 0 aliphatic heterocycles. The fourth-order valence-corrected chi connectivity index (χ4v) is 1.69. The lowest BCUT2D eigenvalue weighted by molar-refractivity contribution is 0.290. The van der Waals surface area contributed by atoms with Crippen molar-refractivity contribution in [2.24, 2.45) is 5.92 Å². The minimum Gasteiger partial charge on any atom is -0.313 e. The van der Waals surface area contributed by atoms with Gasteiger partial charge in [-0.15, -0.1) is 0 Å². The highest BCUT2D eigenvalue weighted by atomic mass is 15.1. The van der Waals surface area contributed by atoms with Crippen LogP contribution < -0.4 is 5.32 Å². The van der Waals surface area contributed by atoms with Crippen molar-refractivity contribution in [3.8, 4) is 6.07 Å². The van der Waals surface area contributed by atoms with Crippen LogP contribution in [-0.4, -0.2) is 37.1 Å². The highest BCUT2D eigenvalue weighted by Crippen LogP contribution is 2.00. The van der Waals surface area contributed by atoms with Gasteiger partial charge >= 0.3 is 0 Å². The first-order valence-corrected chi connectivity index (χ1v) is 6.49. The van der Waals surface area contributed by atoms with Gasteiger partial charge in [-0.2, -0.15) is 5.26 Å². The molecular weight excluding hydrogens is 198 g/mol. The van der Waals surface area contributed by atoms with Crippen LogP contribution in [0.5, 0.6) is 0 Å². The predicted octanol–water partition coefficient (Wildman–Crippen LogP) is 2.25. The summed E-state index contributed by atoms with van der Waals surface area (Å²) in [6.07, 6.45) is 2.42. The highest BCUT2D eigenvalue weighted by molar-refractivity contribution is 4.81. The van der Waals surface area contributed by atoms with Crippen molar-refractivity contribution in [1.29, 1.82) is 5.26 Å². The highest BCUT2D eigenvalue weighted by Gasteiger charge is 2.05. The Bertz CT molecular complexity index is 194. The lowest BCUT2D eigenvalue weighted by Gasteiger charge is -2.20. The molecule has 0 aromatic rings. The van der Waals surface area contributed by atoms with Gasteiger partial charge in [-0.25, -0.2) is 0 Å². The number of nitrogens with one attached hydrogen (secondary N) is 1. The molecule has 16 heavy (non-hydrogen) atoms. The molecule has 0 aliphatic carbocycles. The minimum atomic E-state index is 0.116. The monoisotopic (exact) mass is 225 g/mol. The molecule has 0 rings (SSSR count). The van der Waals surface area contributed by atoms with Gasteiger partial charge in [0.1, 0.15) is 0 Å². The summed E-state index contributed by atoms with van der Waals surface area (Å²) in [6.45, 7) is 12.9. The van der Waals surface area contributed by atoms with Crippen LogP contribution in [0.25, 0.3) is 0 Å². The van der Waals surface area contributed by atoms with Gasteiger partial charge in [0.05, 0.1) is 12.0 Å². The van der Waals surface area contributed by atoms with Crippen LogP contribution in [-0.2, 0) is 0 Å². The van der Waals surface area contributed by atoms with Crippen molar-refractivity contribution >= 4 is 0 Å². The SMILES string of the molecule is CCN(CC)CCCC(C)NCC(C)C#N. The Kier molecular flexibility index (Phi) is 9.27. The molecule has 0 spiro atoms. The van der Waals surface area contributed by atoms with Crippen LogP contribution in [0.4, 0.5) is 0 Å². The van der Waals surface area contributed by atoms with Gasteiger partial charge in [-0.3, -0.25) is 0 Å². The van der Waals surface area contributed by atoms with Crippen LogP contribution in [0.1, 0.15) is 40.5 Å². The van der Waals surface area contributed by atoms with E-state index in [1.54, 1.807) is 0 Å². The maximum absolute atomic E-state index is 8.66. The topological polar surface area (TPSA) is 39.1 Å². The molecule has 0 saturated carbocycles. The van der Waals surface area contributed by atoms with Gasteiger partial charge in [0.15, 0.2) is 0 Å². The van der Waals surface area contributed by atoms with Gasteiger partial charge in [0.2, 0.25) is 0 Å². The Morgan fingerprint density at radius 1 is 1.25 bits per heavy atom. The third-order valence-electron chi connectivity index (χ3n) is 3.00. The molecule has 0 amide bonds. The molecule has 0 fully saturated rings. The van der Waals surface area contributed by atoms with Crippen LogP contribution in [0, 0.1) is 17.2 Å². The van der Waals surface area contributed by atoms with Gasteiger partial charge in [0, 0.05) is 12.6 Å². The summed E-state index contributed by atoms with van der Waals surface area (Å²) < 4.78 is 0. The van der Waals surface area contributed by atoms with Crippen LogP contribution in [0.2, 0.25) is 0 Å². The molecule has 0 heterocycles. The largest absolute Gasteiger partial charge is 0.313 e. The molecule has 0 bridgehead atoms. The first kappa shape index (κ1) is 15.4. The smallest absolute Gasteiger partial charge is 0.0666 e. The van der Waals surface area contributed by atoms with Crippen LogP contribution in [0.15, 0.2) is 0 Å². The maximum Gasteiger partial charge on any atom is 0.0666 e. The van der Waals surface area contributed by atoms with E-state index in [0.717, 1.165) is 19.6 Å². The van der Waals surface area contributed by atoms with E-state index in [2.05, 4.69) is 37.1 Å². The summed E-state index contributed by atoms with van der Waals surface area (Å²) in [7, 11) is 0. The summed E-state index contributed by atoms with van der Waals surface area (Å²) >= 11 is 0. The number of nitriles is 1. The number of hydrogen-bond donors (Lipinski definition) is 1. The summed E-state index contributed by atoms with van der Waals surface area (Å²) in [5, 5.41) is 12.1. The number of hydrogen-bond acceptors (Lipinski definition) is 3. The van der Waals surface area contributed by atoms with Crippen molar-refractivity contribution in [2.75, 3.05) is 26.2 Å². The summed E-state index contributed by atoms with van der Waals surface area (Å²) in [4.78, 5) is 2.45. The zero-order valence-electron chi connectivity index (χ0n) is 11.3. The van der Waals surface area contributed by atoms with Gasteiger partial charge in [-0.05, 0) is 46.3 Å². The Balaban J connectivity index is 3.50. The van der Waals surface area contributed by atoms with E-state index in [1.165, 1.54) is 19.4 Å². The predicted molar refractivity (Wildman–Crippen MR) is 69.3 cm³/mol. The Hall–Kier alpha value is -0.590. The van der Waals surface area contributed by atoms with Crippen molar-refractivity contribution < 1.29 is 0 Å². The van der Waals surface area contributed by atoms with Crippen molar-refractivity contribution in [1.82, 2.24) is 10.2 Å². The van der Waals surface area contributed by atoms with Gasteiger partial charge in [0.25, 0.3) is 0 Å². The maximum atomic E-state index is 8.66. The van der Waals surface area contributed by atoms with E-state index in [0.29, 0.717) is 6.04 Å². The van der Waals surface area contributed by atoms with Crippen molar-refractivity contribution in [3.63, 3.8) is 0 Å². The number of rotatable bonds is 9. The summed E-state index contributed by atoms with van der Waals surface area (Å²) in [6, 6.07) is 2.76. The van der Waals surface area contributed by atoms with E-state index < -0.39 is 0 Å². The quantitative estimate of drug-likeness (QED) is 0.654. The molecule has 2 unspecified atom stereocenters. The van der Waals surface area contributed by atoms with Crippen molar-refractivity contribution in [3.05, 3.63) is 0 Å². The summed E-state index contributed by atoms with van der Waals surface area (Å²) in [5.41, 5.74) is 0. The molecule has 2 atom stereocenters. The standard InChI is InChI=1S/C13H27N3/c1-5-16(6-2)9-7-8-13(4)15-11-12(3)10-14/h12-13,15H,5-9,11H2,1-4H3. The fourth-order valence-electron chi connectivity index (χ4n) is 1.69. The van der Waals surface area contributed by atoms with Crippen molar-refractivity contribution in [2.45, 2.75) is 46.6 Å². The molecule has 0 aromatic heterocycles. The van der Waals surface area contributed by atoms with E-state index >= 15 is 0 Å². The van der Waals surface area contributed by atoms with E-state index in [-0.39, 0.29) is 5.92 Å². The Morgan fingerprint density at radius 2 is 1.88 bits per heavy atom. The van der Waals surface area contributed by atoms with E-state index in [4.69, 9.17) is 5.26 Å². The molecule has 0 saturated heterocycles. The van der Waals surface area contributed by atoms with E-state index in [9.17, 15) is 0 Å². The molecule has 1 N–H and O–H groups in total. The summed E-state index contributed by atoms with van der Waals surface area (Å²) in [5.74, 6) is 0.116. The zero-order chi connectivity index (χ0) is 12.4. The molecule has 0 aliphatic rings. The second-order valence-corrected chi connectivity index (χ2v) is 4.51. The molecule has 0 aromatic carbocycles. The first-order valence-electron chi connectivity index (χ1n) is 6.49. The Labute approximate surface area is 101 Å². The first-order chi connectivity index (χ1) is 7.63. The normalized spacial score (nSPS) is 14.8. The second-order valence-electron chi connectivity index (χ2n) is 4.51. The second kappa shape index (κ2) is 9.62. The molecule has 94 valence electrons. The lowest BCUT2D eigenvalue weighted by atomic mass is 10.1. The fraction of sp³-hybridized carbons (Fsp3) is 0.923. The lowest BCUT2D eigenvalue weighted by Crippen LogP contribution is -2.31. The molecule has 3 heteroatoms. The molecule has 3 nitrogen and oxygen atoms in total.